The average molecular weight is 281 g/mol. The van der Waals surface area contributed by atoms with Gasteiger partial charge >= 0.3 is 0 Å². The van der Waals surface area contributed by atoms with Gasteiger partial charge in [0.15, 0.2) is 0 Å². The molecule has 0 fully saturated rings. The first-order valence-corrected chi connectivity index (χ1v) is 7.18. The number of primary amides is 1. The van der Waals surface area contributed by atoms with Crippen LogP contribution in [-0.4, -0.2) is 12.5 Å². The number of carbonyl (C=O) groups excluding carboxylic acids is 1. The summed E-state index contributed by atoms with van der Waals surface area (Å²) in [5.74, 6) is -0.390. The molecule has 0 spiro atoms. The van der Waals surface area contributed by atoms with Crippen molar-refractivity contribution in [2.75, 3.05) is 17.2 Å². The van der Waals surface area contributed by atoms with Gasteiger partial charge in [0.25, 0.3) is 0 Å². The van der Waals surface area contributed by atoms with Crippen LogP contribution in [0.25, 0.3) is 0 Å². The number of anilines is 3. The number of nitrogens with one attached hydrogen (secondary N) is 2. The molecule has 0 radical (unpaired) electrons. The second kappa shape index (κ2) is 5.48. The maximum atomic E-state index is 11.2. The number of hydrogen-bond acceptors (Lipinski definition) is 3. The van der Waals surface area contributed by atoms with Crippen molar-refractivity contribution < 1.29 is 4.79 Å². The van der Waals surface area contributed by atoms with Gasteiger partial charge in [0.2, 0.25) is 5.91 Å². The molecular weight excluding hydrogens is 262 g/mol. The van der Waals surface area contributed by atoms with Crippen molar-refractivity contribution >= 4 is 23.0 Å². The Kier molecular flexibility index (Phi) is 3.52. The zero-order valence-corrected chi connectivity index (χ0v) is 12.1. The van der Waals surface area contributed by atoms with E-state index in [0.29, 0.717) is 5.56 Å². The van der Waals surface area contributed by atoms with Crippen LogP contribution in [-0.2, 0) is 6.42 Å². The van der Waals surface area contributed by atoms with Crippen molar-refractivity contribution in [3.8, 4) is 0 Å². The highest BCUT2D eigenvalue weighted by Gasteiger charge is 2.09. The lowest BCUT2D eigenvalue weighted by molar-refractivity contribution is 0.1000. The molecule has 21 heavy (non-hydrogen) atoms. The summed E-state index contributed by atoms with van der Waals surface area (Å²) < 4.78 is 0. The van der Waals surface area contributed by atoms with Crippen LogP contribution in [0.1, 0.15) is 27.9 Å². The predicted octanol–water partition coefficient (Wildman–Crippen LogP) is 3.20. The molecule has 2 aromatic carbocycles. The Balaban J connectivity index is 1.83. The fourth-order valence-corrected chi connectivity index (χ4v) is 2.74. The third-order valence-corrected chi connectivity index (χ3v) is 3.82. The molecule has 0 atom stereocenters. The molecule has 4 N–H and O–H groups in total. The van der Waals surface area contributed by atoms with Crippen molar-refractivity contribution in [1.82, 2.24) is 0 Å². The molecule has 1 amide bonds. The summed E-state index contributed by atoms with van der Waals surface area (Å²) in [6.45, 7) is 2.94. The van der Waals surface area contributed by atoms with E-state index in [0.717, 1.165) is 29.9 Å². The molecule has 3 rings (SSSR count). The molecule has 4 nitrogen and oxygen atoms in total. The summed E-state index contributed by atoms with van der Waals surface area (Å²) in [5.41, 5.74) is 11.4. The fraction of sp³-hybridized carbons (Fsp3) is 0.235. The molecule has 1 aliphatic heterocycles. The second-order valence-electron chi connectivity index (χ2n) is 5.42. The third kappa shape index (κ3) is 2.84. The van der Waals surface area contributed by atoms with Crippen molar-refractivity contribution in [1.29, 1.82) is 0 Å². The first-order chi connectivity index (χ1) is 10.1. The summed E-state index contributed by atoms with van der Waals surface area (Å²) in [6, 6.07) is 11.9. The molecule has 4 heteroatoms. The first-order valence-electron chi connectivity index (χ1n) is 7.18. The average Bonchev–Trinajstić information content (AvgIpc) is 2.47. The van der Waals surface area contributed by atoms with Gasteiger partial charge in [0, 0.05) is 29.2 Å². The summed E-state index contributed by atoms with van der Waals surface area (Å²) in [6.07, 6.45) is 2.28. The van der Waals surface area contributed by atoms with Gasteiger partial charge in [0.05, 0.1) is 0 Å². The number of aryl methyl sites for hydroxylation is 2. The quantitative estimate of drug-likeness (QED) is 0.809. The van der Waals surface area contributed by atoms with E-state index < -0.39 is 0 Å². The normalized spacial score (nSPS) is 13.2. The standard InChI is InChI=1S/C17H19N3O/c1-11-9-13(4-6-15(11)17(18)21)20-14-5-7-16-12(10-14)3-2-8-19-16/h4-7,9-10,19-20H,2-3,8H2,1H3,(H2,18,21). The minimum absolute atomic E-state index is 0.390. The summed E-state index contributed by atoms with van der Waals surface area (Å²) in [4.78, 5) is 11.2. The van der Waals surface area contributed by atoms with Gasteiger partial charge in [-0.05, 0) is 67.3 Å². The largest absolute Gasteiger partial charge is 0.385 e. The maximum Gasteiger partial charge on any atom is 0.248 e. The number of nitrogens with two attached hydrogens (primary N) is 1. The van der Waals surface area contributed by atoms with Crippen LogP contribution < -0.4 is 16.4 Å². The lowest BCUT2D eigenvalue weighted by atomic mass is 10.0. The zero-order chi connectivity index (χ0) is 14.8. The molecule has 1 heterocycles. The third-order valence-electron chi connectivity index (χ3n) is 3.82. The van der Waals surface area contributed by atoms with E-state index in [-0.39, 0.29) is 5.91 Å². The van der Waals surface area contributed by atoms with E-state index in [2.05, 4.69) is 28.8 Å². The Hall–Kier alpha value is -2.49. The lowest BCUT2D eigenvalue weighted by Crippen LogP contribution is -2.12. The van der Waals surface area contributed by atoms with Crippen molar-refractivity contribution in [2.45, 2.75) is 19.8 Å². The highest BCUT2D eigenvalue weighted by molar-refractivity contribution is 5.94. The Morgan fingerprint density at radius 1 is 1.19 bits per heavy atom. The van der Waals surface area contributed by atoms with Gasteiger partial charge in [0.1, 0.15) is 0 Å². The Morgan fingerprint density at radius 2 is 1.95 bits per heavy atom. The highest BCUT2D eigenvalue weighted by atomic mass is 16.1. The SMILES string of the molecule is Cc1cc(Nc2ccc3c(c2)CCCN3)ccc1C(N)=O. The van der Waals surface area contributed by atoms with Crippen LogP contribution in [0.4, 0.5) is 17.1 Å². The minimum atomic E-state index is -0.390. The van der Waals surface area contributed by atoms with Crippen LogP contribution in [0.2, 0.25) is 0 Å². The number of carbonyl (C=O) groups is 1. The van der Waals surface area contributed by atoms with Crippen LogP contribution in [0, 0.1) is 6.92 Å². The zero-order valence-electron chi connectivity index (χ0n) is 12.1. The Bertz CT molecular complexity index is 694. The van der Waals surface area contributed by atoms with Gasteiger partial charge in [-0.2, -0.15) is 0 Å². The number of hydrogen-bond donors (Lipinski definition) is 3. The molecule has 0 saturated carbocycles. The topological polar surface area (TPSA) is 67.2 Å². The monoisotopic (exact) mass is 281 g/mol. The summed E-state index contributed by atoms with van der Waals surface area (Å²) in [5, 5.41) is 6.78. The van der Waals surface area contributed by atoms with Crippen LogP contribution >= 0.6 is 0 Å². The Morgan fingerprint density at radius 3 is 2.71 bits per heavy atom. The van der Waals surface area contributed by atoms with E-state index >= 15 is 0 Å². The van der Waals surface area contributed by atoms with E-state index in [9.17, 15) is 4.79 Å². The molecular formula is C17H19N3O. The van der Waals surface area contributed by atoms with Crippen molar-refractivity contribution in [2.24, 2.45) is 5.73 Å². The van der Waals surface area contributed by atoms with Crippen LogP contribution in [0.15, 0.2) is 36.4 Å². The molecule has 0 saturated heterocycles. The van der Waals surface area contributed by atoms with Gasteiger partial charge in [-0.25, -0.2) is 0 Å². The molecule has 0 unspecified atom stereocenters. The van der Waals surface area contributed by atoms with Gasteiger partial charge in [-0.3, -0.25) is 4.79 Å². The lowest BCUT2D eigenvalue weighted by Gasteiger charge is -2.19. The van der Waals surface area contributed by atoms with E-state index in [4.69, 9.17) is 5.73 Å². The van der Waals surface area contributed by atoms with Gasteiger partial charge in [-0.1, -0.05) is 0 Å². The molecule has 0 bridgehead atoms. The molecule has 1 aliphatic rings. The smallest absolute Gasteiger partial charge is 0.248 e. The summed E-state index contributed by atoms with van der Waals surface area (Å²) in [7, 11) is 0. The molecule has 2 aromatic rings. The molecule has 0 aliphatic carbocycles. The van der Waals surface area contributed by atoms with Crippen molar-refractivity contribution in [3.05, 3.63) is 53.1 Å². The Labute approximate surface area is 124 Å². The van der Waals surface area contributed by atoms with E-state index in [1.165, 1.54) is 17.7 Å². The van der Waals surface area contributed by atoms with Gasteiger partial charge in [-0.15, -0.1) is 0 Å². The van der Waals surface area contributed by atoms with Crippen molar-refractivity contribution in [3.63, 3.8) is 0 Å². The number of amides is 1. The fourth-order valence-electron chi connectivity index (χ4n) is 2.74. The number of fused-ring (bicyclic) bond motifs is 1. The van der Waals surface area contributed by atoms with E-state index in [1.54, 1.807) is 6.07 Å². The maximum absolute atomic E-state index is 11.2. The van der Waals surface area contributed by atoms with Crippen LogP contribution in [0.3, 0.4) is 0 Å². The second-order valence-corrected chi connectivity index (χ2v) is 5.42. The predicted molar refractivity (Wildman–Crippen MR) is 86.2 cm³/mol. The summed E-state index contributed by atoms with van der Waals surface area (Å²) >= 11 is 0. The molecule has 0 aromatic heterocycles. The number of rotatable bonds is 3. The first kappa shape index (κ1) is 13.5. The highest BCUT2D eigenvalue weighted by Crippen LogP contribution is 2.27. The minimum Gasteiger partial charge on any atom is -0.385 e. The van der Waals surface area contributed by atoms with Gasteiger partial charge < -0.3 is 16.4 Å². The molecule has 108 valence electrons. The van der Waals surface area contributed by atoms with Crippen LogP contribution in [0.5, 0.6) is 0 Å². The van der Waals surface area contributed by atoms with E-state index in [1.807, 2.05) is 19.1 Å². The number of benzene rings is 2.